The molecule has 0 bridgehead atoms. The summed E-state index contributed by atoms with van der Waals surface area (Å²) >= 11 is 0. The third-order valence-corrected chi connectivity index (χ3v) is 5.55. The highest BCUT2D eigenvalue weighted by molar-refractivity contribution is 6.06. The fourth-order valence-electron chi connectivity index (χ4n) is 3.96. The molecule has 1 amide bonds. The Balaban J connectivity index is 1.81. The van der Waals surface area contributed by atoms with Gasteiger partial charge < -0.3 is 11.1 Å². The van der Waals surface area contributed by atoms with E-state index in [1.165, 1.54) is 0 Å². The van der Waals surface area contributed by atoms with E-state index in [1.54, 1.807) is 6.20 Å². The Morgan fingerprint density at radius 1 is 1.26 bits per heavy atom. The van der Waals surface area contributed by atoms with Crippen molar-refractivity contribution in [2.75, 3.05) is 6.54 Å². The number of amides is 1. The molecule has 0 spiro atoms. The molecule has 0 atom stereocenters. The molecule has 27 heavy (non-hydrogen) atoms. The minimum atomic E-state index is -0.291. The number of fused-ring (bicyclic) bond motifs is 1. The van der Waals surface area contributed by atoms with Crippen LogP contribution in [0.1, 0.15) is 43.0 Å². The first-order valence-electron chi connectivity index (χ1n) is 9.60. The molecular formula is C21H25N5O. The van der Waals surface area contributed by atoms with Crippen LogP contribution in [-0.4, -0.2) is 32.8 Å². The van der Waals surface area contributed by atoms with Gasteiger partial charge >= 0.3 is 0 Å². The molecule has 140 valence electrons. The van der Waals surface area contributed by atoms with Gasteiger partial charge in [-0.2, -0.15) is 5.10 Å². The number of nitrogens with zero attached hydrogens (tertiary/aromatic N) is 3. The Morgan fingerprint density at radius 2 is 2.00 bits per heavy atom. The van der Waals surface area contributed by atoms with Gasteiger partial charge in [-0.25, -0.2) is 9.67 Å². The van der Waals surface area contributed by atoms with Crippen molar-refractivity contribution >= 4 is 16.9 Å². The van der Waals surface area contributed by atoms with Gasteiger partial charge in [0.15, 0.2) is 5.65 Å². The molecule has 6 heteroatoms. The first-order chi connectivity index (χ1) is 13.2. The molecule has 0 radical (unpaired) electrons. The van der Waals surface area contributed by atoms with Crippen LogP contribution in [0.3, 0.4) is 0 Å². The Hall–Kier alpha value is -2.73. The molecule has 0 unspecified atom stereocenters. The third-order valence-electron chi connectivity index (χ3n) is 5.55. The SMILES string of the molecule is CCn1ncc2c(C(=O)NC3(CN)CCCC3)cc(-c3ccccc3)nc21. The van der Waals surface area contributed by atoms with Crippen molar-refractivity contribution in [1.29, 1.82) is 0 Å². The van der Waals surface area contributed by atoms with Gasteiger partial charge in [-0.1, -0.05) is 43.2 Å². The maximum Gasteiger partial charge on any atom is 0.252 e. The molecule has 3 N–H and O–H groups in total. The van der Waals surface area contributed by atoms with Gasteiger partial charge in [0.25, 0.3) is 5.91 Å². The predicted molar refractivity (Wildman–Crippen MR) is 106 cm³/mol. The quantitative estimate of drug-likeness (QED) is 0.729. The number of benzene rings is 1. The smallest absolute Gasteiger partial charge is 0.252 e. The van der Waals surface area contributed by atoms with Gasteiger partial charge in [-0.05, 0) is 25.8 Å². The van der Waals surface area contributed by atoms with Crippen molar-refractivity contribution in [2.45, 2.75) is 44.7 Å². The normalized spacial score (nSPS) is 15.9. The number of aromatic nitrogens is 3. The van der Waals surface area contributed by atoms with Gasteiger partial charge in [0, 0.05) is 18.7 Å². The van der Waals surface area contributed by atoms with Crippen LogP contribution in [0.2, 0.25) is 0 Å². The molecule has 1 saturated carbocycles. The van der Waals surface area contributed by atoms with Crippen LogP contribution in [0.5, 0.6) is 0 Å². The largest absolute Gasteiger partial charge is 0.345 e. The first-order valence-corrected chi connectivity index (χ1v) is 9.60. The number of nitrogens with two attached hydrogens (primary N) is 1. The lowest BCUT2D eigenvalue weighted by Crippen LogP contribution is -2.51. The van der Waals surface area contributed by atoms with Crippen molar-refractivity contribution in [3.8, 4) is 11.3 Å². The van der Waals surface area contributed by atoms with E-state index in [0.717, 1.165) is 48.0 Å². The average molecular weight is 363 g/mol. The summed E-state index contributed by atoms with van der Waals surface area (Å²) in [5, 5.41) is 8.42. The van der Waals surface area contributed by atoms with Crippen LogP contribution in [0, 0.1) is 0 Å². The fourth-order valence-corrected chi connectivity index (χ4v) is 3.96. The minimum Gasteiger partial charge on any atom is -0.345 e. The summed E-state index contributed by atoms with van der Waals surface area (Å²) in [6, 6.07) is 11.8. The highest BCUT2D eigenvalue weighted by Gasteiger charge is 2.34. The number of carbonyl (C=O) groups is 1. The van der Waals surface area contributed by atoms with E-state index < -0.39 is 0 Å². The van der Waals surface area contributed by atoms with Gasteiger partial charge in [0.2, 0.25) is 0 Å². The summed E-state index contributed by atoms with van der Waals surface area (Å²) in [4.78, 5) is 18.0. The van der Waals surface area contributed by atoms with Crippen LogP contribution in [0.25, 0.3) is 22.3 Å². The van der Waals surface area contributed by atoms with Crippen molar-refractivity contribution in [2.24, 2.45) is 5.73 Å². The number of hydrogen-bond donors (Lipinski definition) is 2. The van der Waals surface area contributed by atoms with Gasteiger partial charge in [0.1, 0.15) is 0 Å². The van der Waals surface area contributed by atoms with Crippen LogP contribution < -0.4 is 11.1 Å². The molecule has 0 saturated heterocycles. The number of rotatable bonds is 5. The van der Waals surface area contributed by atoms with E-state index in [-0.39, 0.29) is 11.4 Å². The fraction of sp³-hybridized carbons (Fsp3) is 0.381. The van der Waals surface area contributed by atoms with Crippen LogP contribution in [-0.2, 0) is 6.54 Å². The number of nitrogens with one attached hydrogen (secondary N) is 1. The van der Waals surface area contributed by atoms with Crippen LogP contribution in [0.4, 0.5) is 0 Å². The summed E-state index contributed by atoms with van der Waals surface area (Å²) < 4.78 is 1.83. The zero-order valence-corrected chi connectivity index (χ0v) is 15.6. The molecule has 6 nitrogen and oxygen atoms in total. The topological polar surface area (TPSA) is 85.8 Å². The van der Waals surface area contributed by atoms with Gasteiger partial charge in [-0.3, -0.25) is 4.79 Å². The molecule has 3 aromatic rings. The Bertz CT molecular complexity index is 957. The number of hydrogen-bond acceptors (Lipinski definition) is 4. The van der Waals surface area contributed by atoms with E-state index in [2.05, 4.69) is 10.4 Å². The lowest BCUT2D eigenvalue weighted by Gasteiger charge is -2.28. The molecule has 4 rings (SSSR count). The number of carbonyl (C=O) groups excluding carboxylic acids is 1. The second-order valence-corrected chi connectivity index (χ2v) is 7.26. The number of pyridine rings is 1. The Labute approximate surface area is 158 Å². The molecule has 2 heterocycles. The average Bonchev–Trinajstić information content (AvgIpc) is 3.35. The van der Waals surface area contributed by atoms with Crippen LogP contribution >= 0.6 is 0 Å². The molecule has 1 aromatic carbocycles. The standard InChI is InChI=1S/C21H25N5O/c1-2-26-19-17(13-23-26)16(12-18(24-19)15-8-4-3-5-9-15)20(27)25-21(14-22)10-6-7-11-21/h3-5,8-9,12-13H,2,6-7,10-11,14,22H2,1H3,(H,25,27). The second kappa shape index (κ2) is 7.12. The summed E-state index contributed by atoms with van der Waals surface area (Å²) in [6.45, 7) is 3.18. The number of aryl methyl sites for hydroxylation is 1. The highest BCUT2D eigenvalue weighted by Crippen LogP contribution is 2.30. The third kappa shape index (κ3) is 3.21. The molecule has 0 aliphatic heterocycles. The summed E-state index contributed by atoms with van der Waals surface area (Å²) in [5.41, 5.74) is 8.82. The Kier molecular flexibility index (Phi) is 4.66. The Morgan fingerprint density at radius 3 is 2.67 bits per heavy atom. The summed E-state index contributed by atoms with van der Waals surface area (Å²) in [5.74, 6) is -0.0948. The van der Waals surface area contributed by atoms with E-state index in [0.29, 0.717) is 18.7 Å². The molecule has 1 fully saturated rings. The van der Waals surface area contributed by atoms with Crippen molar-refractivity contribution in [3.05, 3.63) is 48.2 Å². The first kappa shape index (κ1) is 17.7. The van der Waals surface area contributed by atoms with E-state index in [4.69, 9.17) is 10.7 Å². The van der Waals surface area contributed by atoms with E-state index in [9.17, 15) is 4.79 Å². The zero-order valence-electron chi connectivity index (χ0n) is 15.6. The zero-order chi connectivity index (χ0) is 18.9. The molecular weight excluding hydrogens is 338 g/mol. The monoisotopic (exact) mass is 363 g/mol. The van der Waals surface area contributed by atoms with Crippen LogP contribution in [0.15, 0.2) is 42.6 Å². The van der Waals surface area contributed by atoms with Gasteiger partial charge in [0.05, 0.1) is 28.4 Å². The van der Waals surface area contributed by atoms with E-state index in [1.807, 2.05) is 48.0 Å². The highest BCUT2D eigenvalue weighted by atomic mass is 16.1. The maximum absolute atomic E-state index is 13.2. The van der Waals surface area contributed by atoms with Crippen molar-refractivity contribution < 1.29 is 4.79 Å². The molecule has 1 aliphatic rings. The van der Waals surface area contributed by atoms with Gasteiger partial charge in [-0.15, -0.1) is 0 Å². The molecule has 1 aliphatic carbocycles. The summed E-state index contributed by atoms with van der Waals surface area (Å²) in [6.07, 6.45) is 5.81. The summed E-state index contributed by atoms with van der Waals surface area (Å²) in [7, 11) is 0. The van der Waals surface area contributed by atoms with Crippen molar-refractivity contribution in [3.63, 3.8) is 0 Å². The molecule has 2 aromatic heterocycles. The van der Waals surface area contributed by atoms with E-state index >= 15 is 0 Å². The maximum atomic E-state index is 13.2. The predicted octanol–water partition coefficient (Wildman–Crippen LogP) is 3.12. The lowest BCUT2D eigenvalue weighted by atomic mass is 9.96. The second-order valence-electron chi connectivity index (χ2n) is 7.26. The lowest BCUT2D eigenvalue weighted by molar-refractivity contribution is 0.0905. The minimum absolute atomic E-state index is 0.0948. The van der Waals surface area contributed by atoms with Crippen molar-refractivity contribution in [1.82, 2.24) is 20.1 Å².